The molecule has 0 bridgehead atoms. The summed E-state index contributed by atoms with van der Waals surface area (Å²) < 4.78 is 0. The maximum Gasteiger partial charge on any atom is 0.225 e. The van der Waals surface area contributed by atoms with Crippen LogP contribution in [0.4, 0.5) is 11.8 Å². The van der Waals surface area contributed by atoms with E-state index in [1.807, 2.05) is 48.8 Å². The van der Waals surface area contributed by atoms with Crippen molar-refractivity contribution in [1.29, 1.82) is 0 Å². The monoisotopic (exact) mass is 347 g/mol. The van der Waals surface area contributed by atoms with Crippen LogP contribution in [0.3, 0.4) is 0 Å². The third kappa shape index (κ3) is 5.02. The van der Waals surface area contributed by atoms with E-state index >= 15 is 0 Å². The van der Waals surface area contributed by atoms with E-state index in [0.717, 1.165) is 36.5 Å². The Hall–Kier alpha value is -2.95. The molecule has 5 nitrogen and oxygen atoms in total. The topological polar surface area (TPSA) is 62.7 Å². The number of rotatable bonds is 8. The van der Waals surface area contributed by atoms with E-state index in [9.17, 15) is 0 Å². The lowest BCUT2D eigenvalue weighted by molar-refractivity contribution is 0.753. The minimum absolute atomic E-state index is 0.325. The smallest absolute Gasteiger partial charge is 0.225 e. The van der Waals surface area contributed by atoms with Crippen molar-refractivity contribution in [3.63, 3.8) is 0 Å². The zero-order valence-electron chi connectivity index (χ0n) is 15.3. The molecule has 0 unspecified atom stereocenters. The predicted octanol–water partition coefficient (Wildman–Crippen LogP) is 4.40. The maximum absolute atomic E-state index is 4.69. The fourth-order valence-corrected chi connectivity index (χ4v) is 2.57. The first-order chi connectivity index (χ1) is 12.7. The lowest BCUT2D eigenvalue weighted by Crippen LogP contribution is -2.17. The largest absolute Gasteiger partial charge is 0.370 e. The summed E-state index contributed by atoms with van der Waals surface area (Å²) >= 11 is 0. The fourth-order valence-electron chi connectivity index (χ4n) is 2.57. The summed E-state index contributed by atoms with van der Waals surface area (Å²) in [7, 11) is 0. The summed E-state index contributed by atoms with van der Waals surface area (Å²) in [5.74, 6) is 1.49. The molecule has 0 spiro atoms. The lowest BCUT2D eigenvalue weighted by Gasteiger charge is -2.14. The molecule has 0 aliphatic rings. The first kappa shape index (κ1) is 17.9. The van der Waals surface area contributed by atoms with Crippen LogP contribution < -0.4 is 10.6 Å². The highest BCUT2D eigenvalue weighted by atomic mass is 15.2. The molecule has 2 N–H and O–H groups in total. The Kier molecular flexibility index (Phi) is 6.14. The predicted molar refractivity (Wildman–Crippen MR) is 107 cm³/mol. The Bertz CT molecular complexity index is 805. The average Bonchev–Trinajstić information content (AvgIpc) is 2.69. The van der Waals surface area contributed by atoms with Crippen LogP contribution in [0.25, 0.3) is 11.3 Å². The van der Waals surface area contributed by atoms with Gasteiger partial charge in [0.25, 0.3) is 0 Å². The van der Waals surface area contributed by atoms with E-state index in [1.54, 1.807) is 0 Å². The number of aromatic nitrogens is 3. The SMILES string of the molecule is CC[C@@H](C)Nc1nc(NCCc2ccncc2)cc(-c2ccccc2)n1. The van der Waals surface area contributed by atoms with E-state index in [-0.39, 0.29) is 0 Å². The number of nitrogens with one attached hydrogen (secondary N) is 2. The van der Waals surface area contributed by atoms with Crippen molar-refractivity contribution >= 4 is 11.8 Å². The van der Waals surface area contributed by atoms with Gasteiger partial charge in [-0.3, -0.25) is 4.98 Å². The molecule has 1 atom stereocenters. The van der Waals surface area contributed by atoms with Gasteiger partial charge in [-0.15, -0.1) is 0 Å². The summed E-state index contributed by atoms with van der Waals surface area (Å²) in [5.41, 5.74) is 3.25. The van der Waals surface area contributed by atoms with Crippen LogP contribution in [0.15, 0.2) is 60.9 Å². The van der Waals surface area contributed by atoms with Crippen molar-refractivity contribution in [3.8, 4) is 11.3 Å². The summed E-state index contributed by atoms with van der Waals surface area (Å²) in [6.45, 7) is 5.08. The zero-order chi connectivity index (χ0) is 18.2. The molecule has 0 saturated carbocycles. The second kappa shape index (κ2) is 8.94. The molecule has 0 amide bonds. The third-order valence-corrected chi connectivity index (χ3v) is 4.25. The summed E-state index contributed by atoms with van der Waals surface area (Å²) in [6.07, 6.45) is 5.58. The van der Waals surface area contributed by atoms with Crippen LogP contribution in [0.5, 0.6) is 0 Å². The van der Waals surface area contributed by atoms with Gasteiger partial charge in [0.2, 0.25) is 5.95 Å². The molecule has 3 aromatic rings. The average molecular weight is 347 g/mol. The minimum atomic E-state index is 0.325. The molecule has 2 heterocycles. The summed E-state index contributed by atoms with van der Waals surface area (Å²) in [4.78, 5) is 13.4. The van der Waals surface area contributed by atoms with Crippen LogP contribution in [0.1, 0.15) is 25.8 Å². The molecule has 26 heavy (non-hydrogen) atoms. The Morgan fingerprint density at radius 3 is 2.50 bits per heavy atom. The van der Waals surface area contributed by atoms with Gasteiger partial charge in [0.15, 0.2) is 0 Å². The number of pyridine rings is 1. The van der Waals surface area contributed by atoms with Crippen molar-refractivity contribution in [3.05, 3.63) is 66.5 Å². The van der Waals surface area contributed by atoms with Crippen molar-refractivity contribution in [2.24, 2.45) is 0 Å². The van der Waals surface area contributed by atoms with E-state index in [0.29, 0.717) is 12.0 Å². The van der Waals surface area contributed by atoms with Crippen LogP contribution in [0, 0.1) is 0 Å². The van der Waals surface area contributed by atoms with Gasteiger partial charge >= 0.3 is 0 Å². The van der Waals surface area contributed by atoms with Gasteiger partial charge in [-0.2, -0.15) is 4.98 Å². The second-order valence-corrected chi connectivity index (χ2v) is 6.31. The molecule has 0 aliphatic heterocycles. The first-order valence-electron chi connectivity index (χ1n) is 9.08. The molecule has 134 valence electrons. The van der Waals surface area contributed by atoms with Crippen molar-refractivity contribution in [2.45, 2.75) is 32.7 Å². The molecular weight excluding hydrogens is 322 g/mol. The van der Waals surface area contributed by atoms with Crippen LogP contribution in [0.2, 0.25) is 0 Å². The van der Waals surface area contributed by atoms with Gasteiger partial charge in [0, 0.05) is 36.6 Å². The molecular formula is C21H25N5. The van der Waals surface area contributed by atoms with Gasteiger partial charge < -0.3 is 10.6 Å². The van der Waals surface area contributed by atoms with Crippen LogP contribution in [-0.2, 0) is 6.42 Å². The maximum atomic E-state index is 4.69. The van der Waals surface area contributed by atoms with E-state index in [1.165, 1.54) is 5.56 Å². The highest BCUT2D eigenvalue weighted by Gasteiger charge is 2.08. The van der Waals surface area contributed by atoms with E-state index < -0.39 is 0 Å². The van der Waals surface area contributed by atoms with Gasteiger partial charge in [-0.1, -0.05) is 37.3 Å². The molecule has 0 aliphatic carbocycles. The zero-order valence-corrected chi connectivity index (χ0v) is 15.3. The van der Waals surface area contributed by atoms with Crippen molar-refractivity contribution in [1.82, 2.24) is 15.0 Å². The van der Waals surface area contributed by atoms with Crippen molar-refractivity contribution in [2.75, 3.05) is 17.2 Å². The number of benzene rings is 1. The minimum Gasteiger partial charge on any atom is -0.370 e. The highest BCUT2D eigenvalue weighted by Crippen LogP contribution is 2.21. The summed E-state index contributed by atoms with van der Waals surface area (Å²) in [5, 5.41) is 6.80. The second-order valence-electron chi connectivity index (χ2n) is 6.31. The molecule has 1 aromatic carbocycles. The van der Waals surface area contributed by atoms with Gasteiger partial charge in [-0.05, 0) is 37.5 Å². The quantitative estimate of drug-likeness (QED) is 0.632. The van der Waals surface area contributed by atoms with Crippen LogP contribution in [-0.4, -0.2) is 27.5 Å². The van der Waals surface area contributed by atoms with Gasteiger partial charge in [0.05, 0.1) is 5.69 Å². The number of anilines is 2. The Labute approximate surface area is 154 Å². The Morgan fingerprint density at radius 2 is 1.77 bits per heavy atom. The molecule has 0 radical (unpaired) electrons. The lowest BCUT2D eigenvalue weighted by atomic mass is 10.1. The molecule has 3 rings (SSSR count). The number of hydrogen-bond acceptors (Lipinski definition) is 5. The molecule has 2 aromatic heterocycles. The van der Waals surface area contributed by atoms with Gasteiger partial charge in [0.1, 0.15) is 5.82 Å². The molecule has 0 fully saturated rings. The highest BCUT2D eigenvalue weighted by molar-refractivity contribution is 5.64. The van der Waals surface area contributed by atoms with Gasteiger partial charge in [-0.25, -0.2) is 4.98 Å². The Balaban J connectivity index is 1.77. The number of hydrogen-bond donors (Lipinski definition) is 2. The van der Waals surface area contributed by atoms with Crippen molar-refractivity contribution < 1.29 is 0 Å². The van der Waals surface area contributed by atoms with Crippen LogP contribution >= 0.6 is 0 Å². The van der Waals surface area contributed by atoms with E-state index in [4.69, 9.17) is 0 Å². The standard InChI is InChI=1S/C21H25N5/c1-3-16(2)24-21-25-19(18-7-5-4-6-8-18)15-20(26-21)23-14-11-17-9-12-22-13-10-17/h4-10,12-13,15-16H,3,11,14H2,1-2H3,(H2,23,24,25,26)/t16-/m1/s1. The molecule has 0 saturated heterocycles. The molecule has 5 heteroatoms. The fraction of sp³-hybridized carbons (Fsp3) is 0.286. The van der Waals surface area contributed by atoms with E-state index in [2.05, 4.69) is 51.6 Å². The normalized spacial score (nSPS) is 11.8. The Morgan fingerprint density at radius 1 is 1.00 bits per heavy atom. The number of nitrogens with zero attached hydrogens (tertiary/aromatic N) is 3. The third-order valence-electron chi connectivity index (χ3n) is 4.25. The first-order valence-corrected chi connectivity index (χ1v) is 9.08. The summed E-state index contributed by atoms with van der Waals surface area (Å²) in [6, 6.07) is 16.6.